The van der Waals surface area contributed by atoms with Crippen LogP contribution in [0.1, 0.15) is 22.3 Å². The van der Waals surface area contributed by atoms with Crippen molar-refractivity contribution in [2.75, 3.05) is 11.1 Å². The molecule has 3 rings (SSSR count). The van der Waals surface area contributed by atoms with Gasteiger partial charge >= 0.3 is 0 Å². The Labute approximate surface area is 153 Å². The van der Waals surface area contributed by atoms with Crippen molar-refractivity contribution in [3.05, 3.63) is 70.9 Å². The van der Waals surface area contributed by atoms with Crippen molar-refractivity contribution in [3.8, 4) is 17.6 Å². The molecule has 0 aliphatic rings. The van der Waals surface area contributed by atoms with E-state index in [0.29, 0.717) is 22.8 Å². The van der Waals surface area contributed by atoms with Crippen LogP contribution in [0.15, 0.2) is 48.7 Å². The molecule has 1 heterocycles. The molecular formula is C21H20N4O. The zero-order chi connectivity index (χ0) is 18.7. The number of ether oxygens (including phenoxy) is 1. The topological polar surface area (TPSA) is 84.0 Å². The number of hydrogen-bond donors (Lipinski definition) is 2. The fourth-order valence-corrected chi connectivity index (χ4v) is 2.84. The summed E-state index contributed by atoms with van der Waals surface area (Å²) >= 11 is 0. The second kappa shape index (κ2) is 7.16. The summed E-state index contributed by atoms with van der Waals surface area (Å²) in [6, 6.07) is 15.2. The first kappa shape index (κ1) is 17.3. The minimum Gasteiger partial charge on any atom is -0.455 e. The molecule has 0 bridgehead atoms. The second-order valence-corrected chi connectivity index (χ2v) is 6.25. The summed E-state index contributed by atoms with van der Waals surface area (Å²) in [6.45, 7) is 6.11. The molecule has 3 N–H and O–H groups in total. The SMILES string of the molecule is Cc1cc(C)c(Oc2cnc(N)c(Nc3ccc(C#N)cc3)c2)c(C)c1. The van der Waals surface area contributed by atoms with Gasteiger partial charge in [0, 0.05) is 11.8 Å². The molecule has 0 unspecified atom stereocenters. The largest absolute Gasteiger partial charge is 0.455 e. The number of nitrogens with two attached hydrogens (primary N) is 1. The first-order valence-corrected chi connectivity index (χ1v) is 8.24. The molecule has 0 fully saturated rings. The number of nitriles is 1. The molecular weight excluding hydrogens is 324 g/mol. The van der Waals surface area contributed by atoms with Crippen molar-refractivity contribution >= 4 is 17.2 Å². The van der Waals surface area contributed by atoms with Crippen molar-refractivity contribution in [2.45, 2.75) is 20.8 Å². The summed E-state index contributed by atoms with van der Waals surface area (Å²) in [5, 5.41) is 12.1. The number of aromatic nitrogens is 1. The van der Waals surface area contributed by atoms with Crippen LogP contribution >= 0.6 is 0 Å². The van der Waals surface area contributed by atoms with Crippen LogP contribution in [-0.2, 0) is 0 Å². The van der Waals surface area contributed by atoms with E-state index in [2.05, 4.69) is 35.4 Å². The van der Waals surface area contributed by atoms with Crippen molar-refractivity contribution in [3.63, 3.8) is 0 Å². The Bertz CT molecular complexity index is 965. The summed E-state index contributed by atoms with van der Waals surface area (Å²) in [5.74, 6) is 1.80. The van der Waals surface area contributed by atoms with E-state index in [9.17, 15) is 0 Å². The van der Waals surface area contributed by atoms with Crippen molar-refractivity contribution in [1.82, 2.24) is 4.98 Å². The third-order valence-electron chi connectivity index (χ3n) is 4.01. The van der Waals surface area contributed by atoms with Crippen LogP contribution in [0.2, 0.25) is 0 Å². The van der Waals surface area contributed by atoms with Gasteiger partial charge in [-0.15, -0.1) is 0 Å². The van der Waals surface area contributed by atoms with Crippen LogP contribution in [-0.4, -0.2) is 4.98 Å². The Kier molecular flexibility index (Phi) is 4.76. The van der Waals surface area contributed by atoms with Crippen molar-refractivity contribution < 1.29 is 4.74 Å². The summed E-state index contributed by atoms with van der Waals surface area (Å²) in [7, 11) is 0. The van der Waals surface area contributed by atoms with E-state index in [0.717, 1.165) is 22.6 Å². The standard InChI is InChI=1S/C21H20N4O/c1-13-8-14(2)20(15(3)9-13)26-18-10-19(21(23)24-12-18)25-17-6-4-16(11-22)5-7-17/h4-10,12,25H,1-3H3,(H2,23,24). The molecule has 5 heteroatoms. The van der Waals surface area contributed by atoms with Crippen molar-refractivity contribution in [2.24, 2.45) is 0 Å². The molecule has 130 valence electrons. The van der Waals surface area contributed by atoms with E-state index in [4.69, 9.17) is 15.7 Å². The van der Waals surface area contributed by atoms with Crippen LogP contribution in [0, 0.1) is 32.1 Å². The maximum Gasteiger partial charge on any atom is 0.147 e. The number of benzene rings is 2. The number of pyridine rings is 1. The highest BCUT2D eigenvalue weighted by Crippen LogP contribution is 2.32. The lowest BCUT2D eigenvalue weighted by molar-refractivity contribution is 0.473. The smallest absolute Gasteiger partial charge is 0.147 e. The van der Waals surface area contributed by atoms with Crippen LogP contribution < -0.4 is 15.8 Å². The predicted molar refractivity (Wildman–Crippen MR) is 104 cm³/mol. The van der Waals surface area contributed by atoms with Gasteiger partial charge in [0.05, 0.1) is 23.5 Å². The van der Waals surface area contributed by atoms with Gasteiger partial charge in [-0.1, -0.05) is 17.7 Å². The van der Waals surface area contributed by atoms with Crippen LogP contribution in [0.25, 0.3) is 0 Å². The summed E-state index contributed by atoms with van der Waals surface area (Å²) in [4.78, 5) is 4.22. The van der Waals surface area contributed by atoms with Gasteiger partial charge in [0.25, 0.3) is 0 Å². The quantitative estimate of drug-likeness (QED) is 0.696. The van der Waals surface area contributed by atoms with Gasteiger partial charge in [-0.05, 0) is 56.2 Å². The van der Waals surface area contributed by atoms with Gasteiger partial charge in [-0.3, -0.25) is 0 Å². The zero-order valence-corrected chi connectivity index (χ0v) is 15.0. The summed E-state index contributed by atoms with van der Waals surface area (Å²) in [6.07, 6.45) is 1.61. The van der Waals surface area contributed by atoms with Crippen LogP contribution in [0.5, 0.6) is 11.5 Å². The number of rotatable bonds is 4. The molecule has 0 saturated heterocycles. The average molecular weight is 344 g/mol. The van der Waals surface area contributed by atoms with Gasteiger partial charge < -0.3 is 15.8 Å². The maximum atomic E-state index is 8.88. The van der Waals surface area contributed by atoms with Crippen LogP contribution in [0.4, 0.5) is 17.2 Å². The van der Waals surface area contributed by atoms with Gasteiger partial charge in [-0.2, -0.15) is 5.26 Å². The first-order chi connectivity index (χ1) is 12.5. The number of nitrogens with zero attached hydrogens (tertiary/aromatic N) is 2. The highest BCUT2D eigenvalue weighted by Gasteiger charge is 2.09. The molecule has 0 radical (unpaired) electrons. The first-order valence-electron chi connectivity index (χ1n) is 8.24. The summed E-state index contributed by atoms with van der Waals surface area (Å²) in [5.41, 5.74) is 11.4. The lowest BCUT2D eigenvalue weighted by atomic mass is 10.1. The van der Waals surface area contributed by atoms with Crippen molar-refractivity contribution in [1.29, 1.82) is 5.26 Å². The minimum atomic E-state index is 0.374. The molecule has 1 aromatic heterocycles. The summed E-state index contributed by atoms with van der Waals surface area (Å²) < 4.78 is 6.06. The molecule has 0 amide bonds. The fourth-order valence-electron chi connectivity index (χ4n) is 2.84. The lowest BCUT2D eigenvalue weighted by Gasteiger charge is -2.15. The molecule has 0 aliphatic heterocycles. The molecule has 3 aromatic rings. The van der Waals surface area contributed by atoms with Gasteiger partial charge in [0.1, 0.15) is 17.3 Å². The number of aryl methyl sites for hydroxylation is 3. The molecule has 26 heavy (non-hydrogen) atoms. The molecule has 0 atom stereocenters. The monoisotopic (exact) mass is 344 g/mol. The Morgan fingerprint density at radius 1 is 1.04 bits per heavy atom. The number of nitrogens with one attached hydrogen (secondary N) is 1. The van der Waals surface area contributed by atoms with Gasteiger partial charge in [0.2, 0.25) is 0 Å². The van der Waals surface area contributed by atoms with E-state index in [-0.39, 0.29) is 0 Å². The molecule has 0 aliphatic carbocycles. The fraction of sp³-hybridized carbons (Fsp3) is 0.143. The molecule has 2 aromatic carbocycles. The number of anilines is 3. The van der Waals surface area contributed by atoms with E-state index in [1.54, 1.807) is 18.3 Å². The molecule has 5 nitrogen and oxygen atoms in total. The number of nitrogen functional groups attached to an aromatic ring is 1. The Morgan fingerprint density at radius 3 is 2.31 bits per heavy atom. The highest BCUT2D eigenvalue weighted by atomic mass is 16.5. The minimum absolute atomic E-state index is 0.374. The predicted octanol–water partition coefficient (Wildman–Crippen LogP) is 5.00. The number of hydrogen-bond acceptors (Lipinski definition) is 5. The maximum absolute atomic E-state index is 8.88. The zero-order valence-electron chi connectivity index (χ0n) is 15.0. The van der Waals surface area contributed by atoms with E-state index in [1.807, 2.05) is 32.0 Å². The van der Waals surface area contributed by atoms with Gasteiger partial charge in [0.15, 0.2) is 0 Å². The van der Waals surface area contributed by atoms with E-state index < -0.39 is 0 Å². The van der Waals surface area contributed by atoms with E-state index in [1.165, 1.54) is 5.56 Å². The second-order valence-electron chi connectivity index (χ2n) is 6.25. The highest BCUT2D eigenvalue weighted by molar-refractivity contribution is 5.71. The van der Waals surface area contributed by atoms with Gasteiger partial charge in [-0.25, -0.2) is 4.98 Å². The average Bonchev–Trinajstić information content (AvgIpc) is 2.61. The Hall–Kier alpha value is -3.52. The Morgan fingerprint density at radius 2 is 1.69 bits per heavy atom. The third kappa shape index (κ3) is 3.76. The lowest BCUT2D eigenvalue weighted by Crippen LogP contribution is -2.00. The molecule has 0 spiro atoms. The van der Waals surface area contributed by atoms with Crippen LogP contribution in [0.3, 0.4) is 0 Å². The Balaban J connectivity index is 1.87. The molecule has 0 saturated carbocycles. The van der Waals surface area contributed by atoms with E-state index >= 15 is 0 Å². The normalized spacial score (nSPS) is 10.2. The third-order valence-corrected chi connectivity index (χ3v) is 4.01.